The first kappa shape index (κ1) is 21.4. The molecule has 1 N–H and O–H groups in total. The molecular formula is C22H29NO5. The van der Waals surface area contributed by atoms with E-state index in [0.717, 1.165) is 12.0 Å². The van der Waals surface area contributed by atoms with Gasteiger partial charge in [-0.15, -0.1) is 0 Å². The topological polar surface area (TPSA) is 66.0 Å². The first-order chi connectivity index (χ1) is 13.6. The van der Waals surface area contributed by atoms with Crippen LogP contribution in [0.4, 0.5) is 0 Å². The van der Waals surface area contributed by atoms with E-state index in [-0.39, 0.29) is 11.9 Å². The first-order valence-electron chi connectivity index (χ1n) is 9.39. The van der Waals surface area contributed by atoms with Crippen molar-refractivity contribution in [1.29, 1.82) is 0 Å². The molecule has 2 rings (SSSR count). The largest absolute Gasteiger partial charge is 0.493 e. The van der Waals surface area contributed by atoms with Gasteiger partial charge in [0.25, 0.3) is 5.91 Å². The Balaban J connectivity index is 2.15. The van der Waals surface area contributed by atoms with Crippen molar-refractivity contribution in [2.75, 3.05) is 21.3 Å². The summed E-state index contributed by atoms with van der Waals surface area (Å²) in [4.78, 5) is 12.9. The van der Waals surface area contributed by atoms with E-state index in [1.165, 1.54) is 0 Å². The molecule has 0 aromatic heterocycles. The number of nitrogens with one attached hydrogen (secondary N) is 1. The number of methoxy groups -OCH3 is 3. The van der Waals surface area contributed by atoms with Gasteiger partial charge in [-0.05, 0) is 42.7 Å². The number of rotatable bonds is 10. The van der Waals surface area contributed by atoms with Gasteiger partial charge in [0.15, 0.2) is 29.1 Å². The average molecular weight is 387 g/mol. The van der Waals surface area contributed by atoms with Crippen LogP contribution in [0, 0.1) is 0 Å². The minimum absolute atomic E-state index is 0.164. The first-order valence-corrected chi connectivity index (χ1v) is 9.39. The molecule has 0 fully saturated rings. The molecule has 6 nitrogen and oxygen atoms in total. The zero-order valence-corrected chi connectivity index (χ0v) is 17.2. The SMILES string of the molecule is CC[C@H](Oc1ccccc1OC)C(=O)N[C@H](CC)c1ccc(OC)c(OC)c1. The maximum Gasteiger partial charge on any atom is 0.261 e. The lowest BCUT2D eigenvalue weighted by Crippen LogP contribution is -2.40. The van der Waals surface area contributed by atoms with Crippen molar-refractivity contribution in [3.05, 3.63) is 48.0 Å². The average Bonchev–Trinajstić information content (AvgIpc) is 2.75. The van der Waals surface area contributed by atoms with E-state index in [4.69, 9.17) is 18.9 Å². The zero-order valence-electron chi connectivity index (χ0n) is 17.2. The molecule has 6 heteroatoms. The van der Waals surface area contributed by atoms with E-state index in [0.29, 0.717) is 29.4 Å². The molecule has 2 atom stereocenters. The summed E-state index contributed by atoms with van der Waals surface area (Å²) >= 11 is 0. The van der Waals surface area contributed by atoms with Gasteiger partial charge in [-0.1, -0.05) is 32.0 Å². The van der Waals surface area contributed by atoms with Crippen molar-refractivity contribution >= 4 is 5.91 Å². The normalized spacial score (nSPS) is 12.6. The predicted octanol–water partition coefficient (Wildman–Crippen LogP) is 4.14. The number of carbonyl (C=O) groups excluding carboxylic acids is 1. The van der Waals surface area contributed by atoms with Crippen LogP contribution in [0.25, 0.3) is 0 Å². The summed E-state index contributed by atoms with van der Waals surface area (Å²) in [6.07, 6.45) is 0.643. The number of hydrogen-bond donors (Lipinski definition) is 1. The Labute approximate surface area is 166 Å². The molecule has 28 heavy (non-hydrogen) atoms. The number of amides is 1. The second-order valence-corrected chi connectivity index (χ2v) is 6.25. The van der Waals surface area contributed by atoms with Crippen LogP contribution in [-0.2, 0) is 4.79 Å². The van der Waals surface area contributed by atoms with Gasteiger partial charge in [-0.3, -0.25) is 4.79 Å². The van der Waals surface area contributed by atoms with Crippen LogP contribution in [-0.4, -0.2) is 33.3 Å². The lowest BCUT2D eigenvalue weighted by molar-refractivity contribution is -0.129. The fraction of sp³-hybridized carbons (Fsp3) is 0.409. The Bertz CT molecular complexity index is 777. The Morgan fingerprint density at radius 1 is 0.857 bits per heavy atom. The Kier molecular flexibility index (Phi) is 7.99. The van der Waals surface area contributed by atoms with Crippen molar-refractivity contribution in [1.82, 2.24) is 5.32 Å². The van der Waals surface area contributed by atoms with Crippen LogP contribution in [0.15, 0.2) is 42.5 Å². The van der Waals surface area contributed by atoms with Crippen LogP contribution >= 0.6 is 0 Å². The molecule has 0 radical (unpaired) electrons. The Hall–Kier alpha value is -2.89. The third kappa shape index (κ3) is 5.09. The summed E-state index contributed by atoms with van der Waals surface area (Å²) in [5, 5.41) is 3.08. The highest BCUT2D eigenvalue weighted by atomic mass is 16.5. The summed E-state index contributed by atoms with van der Waals surface area (Å²) < 4.78 is 21.9. The van der Waals surface area contributed by atoms with E-state index in [1.54, 1.807) is 33.5 Å². The van der Waals surface area contributed by atoms with Gasteiger partial charge < -0.3 is 24.3 Å². The number of ether oxygens (including phenoxy) is 4. The molecule has 0 aliphatic heterocycles. The second kappa shape index (κ2) is 10.4. The fourth-order valence-corrected chi connectivity index (χ4v) is 2.95. The van der Waals surface area contributed by atoms with Gasteiger partial charge in [0.2, 0.25) is 0 Å². The van der Waals surface area contributed by atoms with Crippen LogP contribution < -0.4 is 24.3 Å². The monoisotopic (exact) mass is 387 g/mol. The van der Waals surface area contributed by atoms with Gasteiger partial charge >= 0.3 is 0 Å². The van der Waals surface area contributed by atoms with E-state index >= 15 is 0 Å². The minimum Gasteiger partial charge on any atom is -0.493 e. The molecule has 1 amide bonds. The van der Waals surface area contributed by atoms with Gasteiger partial charge in [0, 0.05) is 0 Å². The van der Waals surface area contributed by atoms with E-state index in [1.807, 2.05) is 44.2 Å². The molecule has 0 unspecified atom stereocenters. The van der Waals surface area contributed by atoms with Crippen molar-refractivity contribution in [2.45, 2.75) is 38.8 Å². The lowest BCUT2D eigenvalue weighted by Gasteiger charge is -2.23. The molecular weight excluding hydrogens is 358 g/mol. The van der Waals surface area contributed by atoms with E-state index in [2.05, 4.69) is 5.32 Å². The Morgan fingerprint density at radius 3 is 2.04 bits per heavy atom. The summed E-state index contributed by atoms with van der Waals surface area (Å²) in [5.41, 5.74) is 0.945. The maximum atomic E-state index is 12.9. The van der Waals surface area contributed by atoms with Crippen LogP contribution in [0.1, 0.15) is 38.3 Å². The quantitative estimate of drug-likeness (QED) is 0.664. The smallest absolute Gasteiger partial charge is 0.261 e. The summed E-state index contributed by atoms with van der Waals surface area (Å²) in [5.74, 6) is 2.25. The zero-order chi connectivity index (χ0) is 20.5. The summed E-state index contributed by atoms with van der Waals surface area (Å²) in [6, 6.07) is 12.8. The molecule has 152 valence electrons. The third-order valence-electron chi connectivity index (χ3n) is 4.54. The Morgan fingerprint density at radius 2 is 1.46 bits per heavy atom. The standard InChI is InChI=1S/C22H29NO5/c1-6-16(15-12-13-19(26-4)21(14-15)27-5)23-22(24)17(7-2)28-20-11-9-8-10-18(20)25-3/h8-14,16-17H,6-7H2,1-5H3,(H,23,24)/t16-,17+/m1/s1. The molecule has 0 heterocycles. The molecule has 0 saturated carbocycles. The van der Waals surface area contributed by atoms with Crippen molar-refractivity contribution < 1.29 is 23.7 Å². The number of hydrogen-bond acceptors (Lipinski definition) is 5. The third-order valence-corrected chi connectivity index (χ3v) is 4.54. The second-order valence-electron chi connectivity index (χ2n) is 6.25. The highest BCUT2D eigenvalue weighted by molar-refractivity contribution is 5.81. The number of carbonyl (C=O) groups is 1. The van der Waals surface area contributed by atoms with Gasteiger partial charge in [0.05, 0.1) is 27.4 Å². The molecule has 0 saturated heterocycles. The highest BCUT2D eigenvalue weighted by Crippen LogP contribution is 2.31. The van der Waals surface area contributed by atoms with Crippen LogP contribution in [0.5, 0.6) is 23.0 Å². The van der Waals surface area contributed by atoms with Gasteiger partial charge in [-0.25, -0.2) is 0 Å². The summed E-state index contributed by atoms with van der Waals surface area (Å²) in [6.45, 7) is 3.93. The van der Waals surface area contributed by atoms with E-state index in [9.17, 15) is 4.79 Å². The van der Waals surface area contributed by atoms with Crippen molar-refractivity contribution in [3.8, 4) is 23.0 Å². The number of benzene rings is 2. The molecule has 0 spiro atoms. The number of para-hydroxylation sites is 2. The van der Waals surface area contributed by atoms with Crippen molar-refractivity contribution in [2.24, 2.45) is 0 Å². The fourth-order valence-electron chi connectivity index (χ4n) is 2.95. The van der Waals surface area contributed by atoms with Crippen LogP contribution in [0.2, 0.25) is 0 Å². The molecule has 0 aliphatic rings. The van der Waals surface area contributed by atoms with E-state index < -0.39 is 6.10 Å². The molecule has 2 aromatic carbocycles. The van der Waals surface area contributed by atoms with Gasteiger partial charge in [-0.2, -0.15) is 0 Å². The van der Waals surface area contributed by atoms with Crippen molar-refractivity contribution in [3.63, 3.8) is 0 Å². The minimum atomic E-state index is -0.620. The van der Waals surface area contributed by atoms with Crippen LogP contribution in [0.3, 0.4) is 0 Å². The highest BCUT2D eigenvalue weighted by Gasteiger charge is 2.23. The molecule has 0 aliphatic carbocycles. The molecule has 2 aromatic rings. The summed E-state index contributed by atoms with van der Waals surface area (Å²) in [7, 11) is 4.76. The van der Waals surface area contributed by atoms with Gasteiger partial charge in [0.1, 0.15) is 0 Å². The molecule has 0 bridgehead atoms. The predicted molar refractivity (Wildman–Crippen MR) is 108 cm³/mol. The lowest BCUT2D eigenvalue weighted by atomic mass is 10.0. The maximum absolute atomic E-state index is 12.9.